The van der Waals surface area contributed by atoms with Gasteiger partial charge in [0.15, 0.2) is 0 Å². The standard InChI is InChI=1S/C20H21N5O2/c26-19-15-7-1-2-8-16(15)23-17(24-19)13-22-20(27)18(25-10-3-4-11-25)14-6-5-9-21-12-14/h1-2,5-9,12,18H,3-4,10-11,13H2,(H,22,27)(H,23,24,26)/t18-/m0/s1. The van der Waals surface area contributed by atoms with Crippen LogP contribution in [0.3, 0.4) is 0 Å². The summed E-state index contributed by atoms with van der Waals surface area (Å²) >= 11 is 0. The molecule has 0 radical (unpaired) electrons. The molecule has 2 N–H and O–H groups in total. The third-order valence-electron chi connectivity index (χ3n) is 4.85. The second-order valence-corrected chi connectivity index (χ2v) is 6.68. The van der Waals surface area contributed by atoms with Gasteiger partial charge in [-0.05, 0) is 49.7 Å². The minimum Gasteiger partial charge on any atom is -0.347 e. The molecule has 1 aromatic carbocycles. The highest BCUT2D eigenvalue weighted by Gasteiger charge is 2.29. The SMILES string of the molecule is O=C(NCc1nc2ccccc2c(=O)[nH]1)[C@H](c1cccnc1)N1CCCC1. The van der Waals surface area contributed by atoms with E-state index in [4.69, 9.17) is 0 Å². The highest BCUT2D eigenvalue weighted by Crippen LogP contribution is 2.24. The number of nitrogens with zero attached hydrogens (tertiary/aromatic N) is 3. The molecule has 2 aromatic heterocycles. The number of hydrogen-bond donors (Lipinski definition) is 2. The van der Waals surface area contributed by atoms with Crippen LogP contribution in [-0.2, 0) is 11.3 Å². The second-order valence-electron chi connectivity index (χ2n) is 6.68. The van der Waals surface area contributed by atoms with E-state index in [9.17, 15) is 9.59 Å². The fourth-order valence-electron chi connectivity index (χ4n) is 3.55. The Morgan fingerprint density at radius 1 is 1.19 bits per heavy atom. The van der Waals surface area contributed by atoms with Crippen LogP contribution in [-0.4, -0.2) is 38.8 Å². The van der Waals surface area contributed by atoms with Gasteiger partial charge < -0.3 is 10.3 Å². The molecule has 1 fully saturated rings. The Morgan fingerprint density at radius 3 is 2.78 bits per heavy atom. The molecular weight excluding hydrogens is 342 g/mol. The lowest BCUT2D eigenvalue weighted by Crippen LogP contribution is -2.39. The number of amides is 1. The van der Waals surface area contributed by atoms with Crippen LogP contribution in [0.2, 0.25) is 0 Å². The predicted molar refractivity (Wildman–Crippen MR) is 102 cm³/mol. The molecule has 1 saturated heterocycles. The topological polar surface area (TPSA) is 91.0 Å². The molecule has 0 unspecified atom stereocenters. The molecule has 7 heteroatoms. The fraction of sp³-hybridized carbons (Fsp3) is 0.300. The van der Waals surface area contributed by atoms with Gasteiger partial charge in [0.25, 0.3) is 5.56 Å². The molecule has 0 bridgehead atoms. The van der Waals surface area contributed by atoms with Crippen LogP contribution in [0.4, 0.5) is 0 Å². The number of nitrogens with one attached hydrogen (secondary N) is 2. The van der Waals surface area contributed by atoms with E-state index in [1.54, 1.807) is 30.6 Å². The smallest absolute Gasteiger partial charge is 0.258 e. The molecule has 0 aliphatic carbocycles. The zero-order valence-electron chi connectivity index (χ0n) is 14.9. The van der Waals surface area contributed by atoms with E-state index in [1.165, 1.54) is 0 Å². The Hall–Kier alpha value is -3.06. The van der Waals surface area contributed by atoms with E-state index >= 15 is 0 Å². The summed E-state index contributed by atoms with van der Waals surface area (Å²) < 4.78 is 0. The third-order valence-corrected chi connectivity index (χ3v) is 4.85. The summed E-state index contributed by atoms with van der Waals surface area (Å²) in [5.41, 5.74) is 1.29. The van der Waals surface area contributed by atoms with Crippen molar-refractivity contribution < 1.29 is 4.79 Å². The van der Waals surface area contributed by atoms with Crippen molar-refractivity contribution in [2.45, 2.75) is 25.4 Å². The Bertz CT molecular complexity index is 996. The predicted octanol–water partition coefficient (Wildman–Crippen LogP) is 1.77. The normalized spacial score (nSPS) is 15.7. The Kier molecular flexibility index (Phi) is 4.93. The highest BCUT2D eigenvalue weighted by atomic mass is 16.2. The first-order valence-electron chi connectivity index (χ1n) is 9.12. The number of carbonyl (C=O) groups is 1. The molecule has 1 amide bonds. The number of aromatic nitrogens is 3. The van der Waals surface area contributed by atoms with Gasteiger partial charge in [0.05, 0.1) is 17.4 Å². The lowest BCUT2D eigenvalue weighted by atomic mass is 10.1. The number of aromatic amines is 1. The second kappa shape index (κ2) is 7.67. The van der Waals surface area contributed by atoms with Crippen LogP contribution in [0.25, 0.3) is 10.9 Å². The maximum Gasteiger partial charge on any atom is 0.258 e. The summed E-state index contributed by atoms with van der Waals surface area (Å²) in [5.74, 6) is 0.333. The molecule has 27 heavy (non-hydrogen) atoms. The molecule has 1 atom stereocenters. The van der Waals surface area contributed by atoms with Gasteiger partial charge in [-0.1, -0.05) is 18.2 Å². The number of likely N-dealkylation sites (tertiary alicyclic amines) is 1. The Labute approximate surface area is 156 Å². The number of carbonyl (C=O) groups excluding carboxylic acids is 1. The van der Waals surface area contributed by atoms with Crippen molar-refractivity contribution in [1.82, 2.24) is 25.2 Å². The minimum absolute atomic E-state index is 0.110. The maximum atomic E-state index is 13.0. The lowest BCUT2D eigenvalue weighted by molar-refractivity contribution is -0.126. The zero-order chi connectivity index (χ0) is 18.6. The van der Waals surface area contributed by atoms with Crippen molar-refractivity contribution in [2.75, 3.05) is 13.1 Å². The van der Waals surface area contributed by atoms with Crippen LogP contribution in [0.15, 0.2) is 53.6 Å². The number of fused-ring (bicyclic) bond motifs is 1. The van der Waals surface area contributed by atoms with Gasteiger partial charge in [0.2, 0.25) is 5.91 Å². The van der Waals surface area contributed by atoms with Crippen LogP contribution in [0, 0.1) is 0 Å². The van der Waals surface area contributed by atoms with Gasteiger partial charge in [-0.3, -0.25) is 19.5 Å². The molecule has 3 aromatic rings. The first-order chi connectivity index (χ1) is 13.2. The molecule has 138 valence electrons. The van der Waals surface area contributed by atoms with E-state index in [1.807, 2.05) is 18.2 Å². The molecule has 1 aliphatic heterocycles. The largest absolute Gasteiger partial charge is 0.347 e. The van der Waals surface area contributed by atoms with E-state index in [-0.39, 0.29) is 24.1 Å². The minimum atomic E-state index is -0.381. The van der Waals surface area contributed by atoms with Crippen molar-refractivity contribution in [3.8, 4) is 0 Å². The number of rotatable bonds is 5. The molecular formula is C20H21N5O2. The monoisotopic (exact) mass is 363 g/mol. The first-order valence-corrected chi connectivity index (χ1v) is 9.12. The average Bonchev–Trinajstić information content (AvgIpc) is 3.22. The van der Waals surface area contributed by atoms with Crippen molar-refractivity contribution in [1.29, 1.82) is 0 Å². The zero-order valence-corrected chi connectivity index (χ0v) is 14.9. The molecule has 3 heterocycles. The summed E-state index contributed by atoms with van der Waals surface area (Å²) in [5, 5.41) is 3.47. The third kappa shape index (κ3) is 3.73. The molecule has 0 saturated carbocycles. The summed E-state index contributed by atoms with van der Waals surface area (Å²) in [6.45, 7) is 1.94. The molecule has 0 spiro atoms. The van der Waals surface area contributed by atoms with Crippen molar-refractivity contribution in [3.63, 3.8) is 0 Å². The van der Waals surface area contributed by atoms with Gasteiger partial charge in [0, 0.05) is 12.4 Å². The van der Waals surface area contributed by atoms with Gasteiger partial charge in [0.1, 0.15) is 11.9 Å². The van der Waals surface area contributed by atoms with Crippen molar-refractivity contribution >= 4 is 16.8 Å². The van der Waals surface area contributed by atoms with Crippen LogP contribution in [0.1, 0.15) is 30.3 Å². The number of hydrogen-bond acceptors (Lipinski definition) is 5. The van der Waals surface area contributed by atoms with E-state index in [2.05, 4.69) is 25.2 Å². The maximum absolute atomic E-state index is 13.0. The summed E-state index contributed by atoms with van der Waals surface area (Å²) in [6.07, 6.45) is 5.61. The number of pyridine rings is 1. The average molecular weight is 363 g/mol. The molecule has 1 aliphatic rings. The fourth-order valence-corrected chi connectivity index (χ4v) is 3.55. The Morgan fingerprint density at radius 2 is 2.00 bits per heavy atom. The van der Waals surface area contributed by atoms with E-state index in [0.717, 1.165) is 31.5 Å². The highest BCUT2D eigenvalue weighted by molar-refractivity contribution is 5.83. The number of para-hydroxylation sites is 1. The van der Waals surface area contributed by atoms with E-state index in [0.29, 0.717) is 16.7 Å². The van der Waals surface area contributed by atoms with Gasteiger partial charge in [-0.25, -0.2) is 4.98 Å². The number of H-pyrrole nitrogens is 1. The first kappa shape index (κ1) is 17.4. The van der Waals surface area contributed by atoms with E-state index < -0.39 is 0 Å². The van der Waals surface area contributed by atoms with Crippen LogP contribution in [0.5, 0.6) is 0 Å². The number of benzene rings is 1. The quantitative estimate of drug-likeness (QED) is 0.721. The van der Waals surface area contributed by atoms with Crippen molar-refractivity contribution in [2.24, 2.45) is 0 Å². The Balaban J connectivity index is 1.54. The van der Waals surface area contributed by atoms with Gasteiger partial charge >= 0.3 is 0 Å². The lowest BCUT2D eigenvalue weighted by Gasteiger charge is -2.26. The summed E-state index contributed by atoms with van der Waals surface area (Å²) in [7, 11) is 0. The molecule has 4 rings (SSSR count). The van der Waals surface area contributed by atoms with Gasteiger partial charge in [-0.2, -0.15) is 0 Å². The summed E-state index contributed by atoms with van der Waals surface area (Å²) in [4.78, 5) is 38.7. The van der Waals surface area contributed by atoms with Crippen LogP contribution >= 0.6 is 0 Å². The summed E-state index contributed by atoms with van der Waals surface area (Å²) in [6, 6.07) is 10.5. The van der Waals surface area contributed by atoms with Gasteiger partial charge in [-0.15, -0.1) is 0 Å². The van der Waals surface area contributed by atoms with Crippen LogP contribution < -0.4 is 10.9 Å². The molecule has 7 nitrogen and oxygen atoms in total. The van der Waals surface area contributed by atoms with Crippen molar-refractivity contribution in [3.05, 3.63) is 70.5 Å².